The number of halogens is 2. The molecule has 0 N–H and O–H groups in total. The standard InChI is InChI=1S/C22H30F2O/c1-21-11-4-3-5-14(21)6-7-15-16-8-9-18(19(25)13-20(23)24)22(16,2)12-10-17(15)21/h5,13,15-18H,3-4,6-12H2,1-2H3/t15-,16-,17-,18+,21-,22-/m0/s1. The molecule has 3 fully saturated rings. The molecule has 25 heavy (non-hydrogen) atoms. The fraction of sp³-hybridized carbons (Fsp3) is 0.773. The van der Waals surface area contributed by atoms with E-state index in [1.807, 2.05) is 0 Å². The molecule has 0 amide bonds. The number of allylic oxidation sites excluding steroid dienone is 3. The third-order valence-electron chi connectivity index (χ3n) is 8.62. The molecule has 0 aromatic rings. The second-order valence-corrected chi connectivity index (χ2v) is 9.47. The molecule has 0 spiro atoms. The second kappa shape index (κ2) is 6.03. The lowest BCUT2D eigenvalue weighted by atomic mass is 9.47. The molecule has 0 saturated heterocycles. The number of carbonyl (C=O) groups is 1. The summed E-state index contributed by atoms with van der Waals surface area (Å²) in [7, 11) is 0. The average molecular weight is 348 g/mol. The number of hydrogen-bond acceptors (Lipinski definition) is 1. The van der Waals surface area contributed by atoms with E-state index < -0.39 is 6.08 Å². The molecule has 6 atom stereocenters. The van der Waals surface area contributed by atoms with E-state index >= 15 is 0 Å². The van der Waals surface area contributed by atoms with E-state index in [0.29, 0.717) is 23.3 Å². The molecule has 0 bridgehead atoms. The van der Waals surface area contributed by atoms with Gasteiger partial charge in [-0.05, 0) is 86.4 Å². The lowest BCUT2D eigenvalue weighted by molar-refractivity contribution is -0.125. The van der Waals surface area contributed by atoms with Gasteiger partial charge in [0, 0.05) is 12.0 Å². The zero-order chi connectivity index (χ0) is 17.8. The van der Waals surface area contributed by atoms with Crippen LogP contribution >= 0.6 is 0 Å². The van der Waals surface area contributed by atoms with Crippen molar-refractivity contribution < 1.29 is 13.6 Å². The van der Waals surface area contributed by atoms with Crippen LogP contribution in [0.1, 0.15) is 71.6 Å². The van der Waals surface area contributed by atoms with Crippen LogP contribution in [0.15, 0.2) is 23.8 Å². The number of hydrogen-bond donors (Lipinski definition) is 0. The number of carbonyl (C=O) groups excluding carboxylic acids is 1. The summed E-state index contributed by atoms with van der Waals surface area (Å²) in [5, 5.41) is 0. The Kier molecular flexibility index (Phi) is 4.20. The Morgan fingerprint density at radius 1 is 1.12 bits per heavy atom. The Bertz CT molecular complexity index is 632. The highest BCUT2D eigenvalue weighted by molar-refractivity contribution is 5.92. The summed E-state index contributed by atoms with van der Waals surface area (Å²) < 4.78 is 25.3. The first-order valence-electron chi connectivity index (χ1n) is 10.1. The molecular weight excluding hydrogens is 318 g/mol. The van der Waals surface area contributed by atoms with Crippen LogP contribution in [0.25, 0.3) is 0 Å². The molecule has 0 radical (unpaired) electrons. The highest BCUT2D eigenvalue weighted by Gasteiger charge is 2.59. The molecule has 1 nitrogen and oxygen atoms in total. The van der Waals surface area contributed by atoms with E-state index in [-0.39, 0.29) is 17.1 Å². The van der Waals surface area contributed by atoms with E-state index in [4.69, 9.17) is 0 Å². The Hall–Kier alpha value is -0.990. The topological polar surface area (TPSA) is 17.1 Å². The molecule has 0 aliphatic heterocycles. The Labute approximate surface area is 149 Å². The summed E-state index contributed by atoms with van der Waals surface area (Å²) in [5.41, 5.74) is 1.98. The smallest absolute Gasteiger partial charge is 0.273 e. The largest absolute Gasteiger partial charge is 0.294 e. The summed E-state index contributed by atoms with van der Waals surface area (Å²) in [6.45, 7) is 4.71. The molecule has 0 aromatic carbocycles. The maximum Gasteiger partial charge on any atom is 0.273 e. The van der Waals surface area contributed by atoms with Gasteiger partial charge in [-0.1, -0.05) is 25.5 Å². The summed E-state index contributed by atoms with van der Waals surface area (Å²) in [4.78, 5) is 12.4. The molecule has 3 saturated carbocycles. The van der Waals surface area contributed by atoms with Crippen molar-refractivity contribution in [3.8, 4) is 0 Å². The Balaban J connectivity index is 1.62. The minimum absolute atomic E-state index is 0.0730. The molecular formula is C22H30F2O. The Morgan fingerprint density at radius 3 is 2.68 bits per heavy atom. The monoisotopic (exact) mass is 348 g/mol. The Morgan fingerprint density at radius 2 is 1.92 bits per heavy atom. The van der Waals surface area contributed by atoms with Crippen molar-refractivity contribution in [2.45, 2.75) is 71.6 Å². The van der Waals surface area contributed by atoms with Crippen LogP contribution in [0.3, 0.4) is 0 Å². The SMILES string of the molecule is C[C@]12CC[C@H]3[C@@H](CCC4=CCCC[C@@]43C)[C@@H]1CC[C@@H]2C(=O)C=C(F)F. The van der Waals surface area contributed by atoms with Crippen molar-refractivity contribution in [3.05, 3.63) is 23.8 Å². The summed E-state index contributed by atoms with van der Waals surface area (Å²) >= 11 is 0. The maximum atomic E-state index is 12.6. The van der Waals surface area contributed by atoms with Crippen molar-refractivity contribution in [1.29, 1.82) is 0 Å². The molecule has 138 valence electrons. The predicted molar refractivity (Wildman–Crippen MR) is 95.1 cm³/mol. The van der Waals surface area contributed by atoms with Crippen molar-refractivity contribution in [2.24, 2.45) is 34.5 Å². The van der Waals surface area contributed by atoms with Gasteiger partial charge in [-0.15, -0.1) is 0 Å². The van der Waals surface area contributed by atoms with Crippen LogP contribution in [0, 0.1) is 34.5 Å². The normalized spacial score (nSPS) is 45.7. The summed E-state index contributed by atoms with van der Waals surface area (Å²) in [6.07, 6.45) is 11.6. The minimum atomic E-state index is -1.84. The maximum absolute atomic E-state index is 12.6. The van der Waals surface area contributed by atoms with Crippen LogP contribution < -0.4 is 0 Å². The van der Waals surface area contributed by atoms with Crippen molar-refractivity contribution in [2.75, 3.05) is 0 Å². The van der Waals surface area contributed by atoms with Crippen LogP contribution in [-0.4, -0.2) is 5.78 Å². The first kappa shape index (κ1) is 17.4. The molecule has 3 heteroatoms. The third kappa shape index (κ3) is 2.56. The van der Waals surface area contributed by atoms with Crippen molar-refractivity contribution in [1.82, 2.24) is 0 Å². The minimum Gasteiger partial charge on any atom is -0.294 e. The zero-order valence-corrected chi connectivity index (χ0v) is 15.5. The van der Waals surface area contributed by atoms with E-state index in [1.165, 1.54) is 32.1 Å². The van der Waals surface area contributed by atoms with E-state index in [9.17, 15) is 13.6 Å². The van der Waals surface area contributed by atoms with Crippen LogP contribution in [0.2, 0.25) is 0 Å². The first-order chi connectivity index (χ1) is 11.9. The van der Waals surface area contributed by atoms with E-state index in [0.717, 1.165) is 31.6 Å². The fourth-order valence-corrected chi connectivity index (χ4v) is 7.43. The predicted octanol–water partition coefficient (Wildman–Crippen LogP) is 6.31. The molecule has 0 aromatic heterocycles. The van der Waals surface area contributed by atoms with Crippen LogP contribution in [0.4, 0.5) is 8.78 Å². The third-order valence-corrected chi connectivity index (χ3v) is 8.62. The number of ketones is 1. The van der Waals surface area contributed by atoms with Gasteiger partial charge in [0.1, 0.15) is 0 Å². The number of fused-ring (bicyclic) bond motifs is 5. The molecule has 0 heterocycles. The molecule has 4 rings (SSSR count). The van der Waals surface area contributed by atoms with Crippen LogP contribution in [-0.2, 0) is 4.79 Å². The van der Waals surface area contributed by atoms with Crippen molar-refractivity contribution in [3.63, 3.8) is 0 Å². The van der Waals surface area contributed by atoms with Gasteiger partial charge in [0.25, 0.3) is 6.08 Å². The van der Waals surface area contributed by atoms with E-state index in [1.54, 1.807) is 5.57 Å². The fourth-order valence-electron chi connectivity index (χ4n) is 7.43. The van der Waals surface area contributed by atoms with Gasteiger partial charge in [-0.25, -0.2) is 0 Å². The van der Waals surface area contributed by atoms with Crippen LogP contribution in [0.5, 0.6) is 0 Å². The zero-order valence-electron chi connectivity index (χ0n) is 15.5. The summed E-state index contributed by atoms with van der Waals surface area (Å²) in [5.74, 6) is 1.42. The van der Waals surface area contributed by atoms with Gasteiger partial charge < -0.3 is 0 Å². The highest BCUT2D eigenvalue weighted by atomic mass is 19.3. The van der Waals surface area contributed by atoms with Gasteiger partial charge >= 0.3 is 0 Å². The van der Waals surface area contributed by atoms with E-state index in [2.05, 4.69) is 19.9 Å². The lowest BCUT2D eigenvalue weighted by Gasteiger charge is -2.58. The highest BCUT2D eigenvalue weighted by Crippen LogP contribution is 2.66. The second-order valence-electron chi connectivity index (χ2n) is 9.47. The quantitative estimate of drug-likeness (QED) is 0.422. The molecule has 4 aliphatic rings. The lowest BCUT2D eigenvalue weighted by Crippen LogP contribution is -2.50. The van der Waals surface area contributed by atoms with Gasteiger partial charge in [-0.2, -0.15) is 8.78 Å². The van der Waals surface area contributed by atoms with Gasteiger partial charge in [0.15, 0.2) is 5.78 Å². The van der Waals surface area contributed by atoms with Gasteiger partial charge in [-0.3, -0.25) is 4.79 Å². The van der Waals surface area contributed by atoms with Gasteiger partial charge in [0.05, 0.1) is 0 Å². The molecule has 0 unspecified atom stereocenters. The summed E-state index contributed by atoms with van der Waals surface area (Å²) in [6, 6.07) is 0. The number of rotatable bonds is 2. The average Bonchev–Trinajstić information content (AvgIpc) is 2.91. The van der Waals surface area contributed by atoms with Crippen molar-refractivity contribution >= 4 is 5.78 Å². The van der Waals surface area contributed by atoms with Gasteiger partial charge in [0.2, 0.25) is 0 Å². The molecule has 4 aliphatic carbocycles. The first-order valence-corrected chi connectivity index (χ1v) is 10.1.